The van der Waals surface area contributed by atoms with Crippen molar-refractivity contribution in [3.8, 4) is 0 Å². The molecule has 0 aliphatic carbocycles. The van der Waals surface area contributed by atoms with Crippen LogP contribution in [0.4, 0.5) is 10.6 Å². The van der Waals surface area contributed by atoms with Crippen LogP contribution in [0.2, 0.25) is 0 Å². The first-order valence-electron chi connectivity index (χ1n) is 5.69. The highest BCUT2D eigenvalue weighted by Crippen LogP contribution is 2.18. The van der Waals surface area contributed by atoms with E-state index < -0.39 is 0 Å². The fraction of sp³-hybridized carbons (Fsp3) is 0.231. The van der Waals surface area contributed by atoms with Gasteiger partial charge in [-0.15, -0.1) is 11.3 Å². The van der Waals surface area contributed by atoms with Gasteiger partial charge in [-0.3, -0.25) is 5.32 Å². The number of nitrogens with zero attached hydrogens (tertiary/aromatic N) is 1. The molecule has 2 amide bonds. The molecule has 18 heavy (non-hydrogen) atoms. The summed E-state index contributed by atoms with van der Waals surface area (Å²) in [4.78, 5) is 17.1. The molecule has 0 radical (unpaired) electrons. The predicted octanol–water partition coefficient (Wildman–Crippen LogP) is 3.33. The molecule has 0 aliphatic rings. The molecule has 5 heteroatoms. The van der Waals surface area contributed by atoms with E-state index >= 15 is 0 Å². The third-order valence-corrected chi connectivity index (χ3v) is 3.61. The van der Waals surface area contributed by atoms with Crippen molar-refractivity contribution < 1.29 is 4.79 Å². The number of pyridine rings is 1. The van der Waals surface area contributed by atoms with Gasteiger partial charge < -0.3 is 5.32 Å². The summed E-state index contributed by atoms with van der Waals surface area (Å²) in [7, 11) is 0. The van der Waals surface area contributed by atoms with Crippen LogP contribution in [-0.4, -0.2) is 11.0 Å². The van der Waals surface area contributed by atoms with Crippen molar-refractivity contribution in [2.45, 2.75) is 19.9 Å². The number of hydrogen-bond donors (Lipinski definition) is 2. The van der Waals surface area contributed by atoms with E-state index in [-0.39, 0.29) is 12.1 Å². The molecule has 0 aliphatic heterocycles. The highest BCUT2D eigenvalue weighted by atomic mass is 32.1. The number of carbonyl (C=O) groups is 1. The first-order valence-corrected chi connectivity index (χ1v) is 6.57. The first-order chi connectivity index (χ1) is 8.66. The number of carbonyl (C=O) groups excluding carboxylic acids is 1. The van der Waals surface area contributed by atoms with Crippen LogP contribution in [-0.2, 0) is 0 Å². The number of urea groups is 1. The molecule has 0 fully saturated rings. The number of amides is 2. The third-order valence-electron chi connectivity index (χ3n) is 2.56. The fourth-order valence-electron chi connectivity index (χ4n) is 1.57. The fourth-order valence-corrected chi connectivity index (χ4v) is 2.30. The zero-order valence-corrected chi connectivity index (χ0v) is 11.1. The predicted molar refractivity (Wildman–Crippen MR) is 73.9 cm³/mol. The Labute approximate surface area is 110 Å². The quantitative estimate of drug-likeness (QED) is 0.890. The lowest BCUT2D eigenvalue weighted by atomic mass is 10.3. The molecule has 1 atom stereocenters. The Morgan fingerprint density at radius 3 is 2.89 bits per heavy atom. The molecule has 0 saturated carbocycles. The molecule has 0 bridgehead atoms. The Kier molecular flexibility index (Phi) is 3.94. The second-order valence-electron chi connectivity index (χ2n) is 4.00. The van der Waals surface area contributed by atoms with E-state index in [2.05, 4.69) is 15.6 Å². The first kappa shape index (κ1) is 12.6. The topological polar surface area (TPSA) is 54.0 Å². The van der Waals surface area contributed by atoms with Gasteiger partial charge in [-0.05, 0) is 36.9 Å². The van der Waals surface area contributed by atoms with Gasteiger partial charge in [-0.2, -0.15) is 0 Å². The second-order valence-corrected chi connectivity index (χ2v) is 4.98. The average Bonchev–Trinajstić information content (AvgIpc) is 2.85. The standard InChI is InChI=1S/C13H15N3OS/c1-9-5-3-7-14-12(9)16-13(17)15-10(2)11-6-4-8-18-11/h3-8,10H,1-2H3,(H2,14,15,16,17)/t10-/m1/s1. The lowest BCUT2D eigenvalue weighted by Crippen LogP contribution is -2.31. The van der Waals surface area contributed by atoms with Gasteiger partial charge in [0.15, 0.2) is 0 Å². The molecule has 94 valence electrons. The minimum Gasteiger partial charge on any atom is -0.330 e. The maximum absolute atomic E-state index is 11.8. The molecular formula is C13H15N3OS. The molecule has 2 aromatic rings. The van der Waals surface area contributed by atoms with Crippen molar-refractivity contribution in [1.29, 1.82) is 0 Å². The molecule has 0 aromatic carbocycles. The Morgan fingerprint density at radius 2 is 2.22 bits per heavy atom. The summed E-state index contributed by atoms with van der Waals surface area (Å²) in [6, 6.07) is 7.48. The molecule has 4 nitrogen and oxygen atoms in total. The van der Waals surface area contributed by atoms with E-state index in [9.17, 15) is 4.79 Å². The van der Waals surface area contributed by atoms with Crippen LogP contribution < -0.4 is 10.6 Å². The van der Waals surface area contributed by atoms with E-state index in [0.717, 1.165) is 10.4 Å². The number of rotatable bonds is 3. The van der Waals surface area contributed by atoms with Gasteiger partial charge in [-0.25, -0.2) is 9.78 Å². The van der Waals surface area contributed by atoms with Gasteiger partial charge in [0, 0.05) is 11.1 Å². The summed E-state index contributed by atoms with van der Waals surface area (Å²) in [6.07, 6.45) is 1.66. The lowest BCUT2D eigenvalue weighted by molar-refractivity contribution is 0.249. The monoisotopic (exact) mass is 261 g/mol. The van der Waals surface area contributed by atoms with Crippen LogP contribution in [0.5, 0.6) is 0 Å². The Hall–Kier alpha value is -1.88. The number of anilines is 1. The van der Waals surface area contributed by atoms with E-state index in [1.807, 2.05) is 43.5 Å². The second kappa shape index (κ2) is 5.64. The summed E-state index contributed by atoms with van der Waals surface area (Å²) in [5, 5.41) is 7.62. The summed E-state index contributed by atoms with van der Waals surface area (Å²) in [5.41, 5.74) is 0.941. The number of aromatic nitrogens is 1. The van der Waals surface area contributed by atoms with E-state index in [4.69, 9.17) is 0 Å². The van der Waals surface area contributed by atoms with Crippen LogP contribution in [0.3, 0.4) is 0 Å². The van der Waals surface area contributed by atoms with Crippen LogP contribution in [0.25, 0.3) is 0 Å². The molecular weight excluding hydrogens is 246 g/mol. The zero-order chi connectivity index (χ0) is 13.0. The van der Waals surface area contributed by atoms with Crippen molar-refractivity contribution in [2.75, 3.05) is 5.32 Å². The number of aryl methyl sites for hydroxylation is 1. The van der Waals surface area contributed by atoms with Crippen LogP contribution in [0.15, 0.2) is 35.8 Å². The smallest absolute Gasteiger partial charge is 0.320 e. The maximum Gasteiger partial charge on any atom is 0.320 e. The summed E-state index contributed by atoms with van der Waals surface area (Å²) in [6.45, 7) is 3.86. The van der Waals surface area contributed by atoms with Gasteiger partial charge in [0.2, 0.25) is 0 Å². The van der Waals surface area contributed by atoms with Gasteiger partial charge in [0.25, 0.3) is 0 Å². The highest BCUT2D eigenvalue weighted by Gasteiger charge is 2.11. The normalized spacial score (nSPS) is 11.9. The van der Waals surface area contributed by atoms with E-state index in [0.29, 0.717) is 5.82 Å². The lowest BCUT2D eigenvalue weighted by Gasteiger charge is -2.13. The van der Waals surface area contributed by atoms with Crippen LogP contribution in [0.1, 0.15) is 23.4 Å². The molecule has 2 N–H and O–H groups in total. The van der Waals surface area contributed by atoms with Crippen molar-refractivity contribution >= 4 is 23.2 Å². The summed E-state index contributed by atoms with van der Waals surface area (Å²) in [5.74, 6) is 0.591. The average molecular weight is 261 g/mol. The van der Waals surface area contributed by atoms with Crippen molar-refractivity contribution in [2.24, 2.45) is 0 Å². The highest BCUT2D eigenvalue weighted by molar-refractivity contribution is 7.10. The van der Waals surface area contributed by atoms with Crippen molar-refractivity contribution in [3.05, 3.63) is 46.3 Å². The van der Waals surface area contributed by atoms with Gasteiger partial charge in [0.1, 0.15) is 5.82 Å². The number of thiophene rings is 1. The Bertz CT molecular complexity index is 525. The Morgan fingerprint density at radius 1 is 1.39 bits per heavy atom. The number of hydrogen-bond acceptors (Lipinski definition) is 3. The number of nitrogens with one attached hydrogen (secondary N) is 2. The van der Waals surface area contributed by atoms with Crippen molar-refractivity contribution in [1.82, 2.24) is 10.3 Å². The van der Waals surface area contributed by atoms with Gasteiger partial charge in [0.05, 0.1) is 6.04 Å². The largest absolute Gasteiger partial charge is 0.330 e. The Balaban J connectivity index is 1.95. The summed E-state index contributed by atoms with van der Waals surface area (Å²) >= 11 is 1.62. The maximum atomic E-state index is 11.8. The minimum absolute atomic E-state index is 0.00554. The van der Waals surface area contributed by atoms with E-state index in [1.165, 1.54) is 0 Å². The van der Waals surface area contributed by atoms with Crippen LogP contribution in [0, 0.1) is 6.92 Å². The SMILES string of the molecule is Cc1cccnc1NC(=O)N[C@H](C)c1cccs1. The minimum atomic E-state index is -0.238. The van der Waals surface area contributed by atoms with Crippen molar-refractivity contribution in [3.63, 3.8) is 0 Å². The van der Waals surface area contributed by atoms with Gasteiger partial charge in [-0.1, -0.05) is 12.1 Å². The van der Waals surface area contributed by atoms with Gasteiger partial charge >= 0.3 is 6.03 Å². The molecule has 2 heterocycles. The van der Waals surface area contributed by atoms with Crippen LogP contribution >= 0.6 is 11.3 Å². The molecule has 0 unspecified atom stereocenters. The zero-order valence-electron chi connectivity index (χ0n) is 10.3. The van der Waals surface area contributed by atoms with E-state index in [1.54, 1.807) is 17.5 Å². The molecule has 0 saturated heterocycles. The third kappa shape index (κ3) is 3.07. The molecule has 2 aromatic heterocycles. The molecule has 2 rings (SSSR count). The molecule has 0 spiro atoms. The summed E-state index contributed by atoms with van der Waals surface area (Å²) < 4.78 is 0.